The Bertz CT molecular complexity index is 631. The first-order valence-corrected chi connectivity index (χ1v) is 8.84. The molecule has 1 saturated heterocycles. The van der Waals surface area contributed by atoms with Gasteiger partial charge in [-0.05, 0) is 38.5 Å². The van der Waals surface area contributed by atoms with Gasteiger partial charge in [-0.25, -0.2) is 4.39 Å². The third-order valence-corrected chi connectivity index (χ3v) is 4.13. The molecule has 0 aliphatic carbocycles. The van der Waals surface area contributed by atoms with E-state index in [4.69, 9.17) is 4.74 Å². The topological polar surface area (TPSA) is 49.9 Å². The second-order valence-electron chi connectivity index (χ2n) is 6.94. The van der Waals surface area contributed by atoms with Crippen LogP contribution in [0.15, 0.2) is 18.2 Å². The second-order valence-corrected chi connectivity index (χ2v) is 6.94. The first-order chi connectivity index (χ1) is 11.8. The van der Waals surface area contributed by atoms with Crippen molar-refractivity contribution < 1.29 is 18.7 Å². The van der Waals surface area contributed by atoms with E-state index in [2.05, 4.69) is 0 Å². The van der Waals surface area contributed by atoms with Crippen molar-refractivity contribution in [3.63, 3.8) is 0 Å². The summed E-state index contributed by atoms with van der Waals surface area (Å²) in [6.45, 7) is 9.57. The minimum atomic E-state index is -0.536. The Kier molecular flexibility index (Phi) is 6.39. The number of halogens is 1. The van der Waals surface area contributed by atoms with E-state index in [1.807, 2.05) is 27.7 Å². The Morgan fingerprint density at radius 2 is 1.68 bits per heavy atom. The molecule has 0 spiro atoms. The zero-order valence-electron chi connectivity index (χ0n) is 15.4. The summed E-state index contributed by atoms with van der Waals surface area (Å²) >= 11 is 0. The van der Waals surface area contributed by atoms with Gasteiger partial charge in [0.2, 0.25) is 5.91 Å². The van der Waals surface area contributed by atoms with Gasteiger partial charge in [-0.3, -0.25) is 9.59 Å². The van der Waals surface area contributed by atoms with Gasteiger partial charge in [0.1, 0.15) is 0 Å². The number of hydrogen-bond acceptors (Lipinski definition) is 3. The van der Waals surface area contributed by atoms with Crippen molar-refractivity contribution in [1.29, 1.82) is 0 Å². The molecule has 0 radical (unpaired) electrons. The molecule has 2 amide bonds. The van der Waals surface area contributed by atoms with Crippen molar-refractivity contribution in [2.75, 3.05) is 26.2 Å². The van der Waals surface area contributed by atoms with E-state index in [0.29, 0.717) is 31.7 Å². The molecule has 6 heteroatoms. The number of hydrogen-bond donors (Lipinski definition) is 0. The van der Waals surface area contributed by atoms with E-state index in [-0.39, 0.29) is 29.6 Å². The maximum absolute atomic E-state index is 14.1. The lowest BCUT2D eigenvalue weighted by molar-refractivity contribution is -0.134. The van der Waals surface area contributed by atoms with E-state index in [9.17, 15) is 14.0 Å². The summed E-state index contributed by atoms with van der Waals surface area (Å²) in [5, 5.41) is 0. The molecular formula is C19H27FN2O3. The number of rotatable bonds is 4. The second kappa shape index (κ2) is 8.32. The lowest BCUT2D eigenvalue weighted by Gasteiger charge is -2.23. The molecule has 1 aliphatic rings. The number of nitrogens with zero attached hydrogens (tertiary/aromatic N) is 2. The molecule has 1 heterocycles. The van der Waals surface area contributed by atoms with Crippen LogP contribution in [0.3, 0.4) is 0 Å². The molecule has 1 aliphatic heterocycles. The standard InChI is InChI=1S/C19H27FN2O3/c1-13(2)18(23)21-8-5-9-22(11-10-21)19(24)15-6-7-17(16(20)12-15)25-14(3)4/h6-7,12-14H,5,8-11H2,1-4H3. The smallest absolute Gasteiger partial charge is 0.254 e. The number of benzene rings is 1. The van der Waals surface area contributed by atoms with Crippen molar-refractivity contribution in [2.24, 2.45) is 5.92 Å². The van der Waals surface area contributed by atoms with E-state index in [1.165, 1.54) is 12.1 Å². The molecule has 5 nitrogen and oxygen atoms in total. The SMILES string of the molecule is CC(C)Oc1ccc(C(=O)N2CCCN(C(=O)C(C)C)CC2)cc1F. The van der Waals surface area contributed by atoms with Crippen LogP contribution in [0.5, 0.6) is 5.75 Å². The molecule has 2 rings (SSSR count). The Hall–Kier alpha value is -2.11. The Labute approximate surface area is 148 Å². The highest BCUT2D eigenvalue weighted by Gasteiger charge is 2.24. The average Bonchev–Trinajstić information content (AvgIpc) is 2.80. The van der Waals surface area contributed by atoms with E-state index in [0.717, 1.165) is 6.42 Å². The third-order valence-electron chi connectivity index (χ3n) is 4.13. The van der Waals surface area contributed by atoms with Crippen LogP contribution in [-0.4, -0.2) is 53.9 Å². The lowest BCUT2D eigenvalue weighted by atomic mass is 10.1. The predicted octanol–water partition coefficient (Wildman–Crippen LogP) is 2.94. The summed E-state index contributed by atoms with van der Waals surface area (Å²) in [6, 6.07) is 4.31. The van der Waals surface area contributed by atoms with E-state index < -0.39 is 5.82 Å². The van der Waals surface area contributed by atoms with Crippen molar-refractivity contribution in [3.8, 4) is 5.75 Å². The highest BCUT2D eigenvalue weighted by atomic mass is 19.1. The summed E-state index contributed by atoms with van der Waals surface area (Å²) < 4.78 is 19.5. The van der Waals surface area contributed by atoms with E-state index in [1.54, 1.807) is 15.9 Å². The fourth-order valence-electron chi connectivity index (χ4n) is 2.87. The number of ether oxygens (including phenoxy) is 1. The average molecular weight is 350 g/mol. The van der Waals surface area contributed by atoms with Gasteiger partial charge in [0.05, 0.1) is 6.10 Å². The van der Waals surface area contributed by atoms with Gasteiger partial charge in [0.25, 0.3) is 5.91 Å². The Balaban J connectivity index is 2.05. The van der Waals surface area contributed by atoms with Crippen LogP contribution in [-0.2, 0) is 4.79 Å². The van der Waals surface area contributed by atoms with Crippen LogP contribution in [0.1, 0.15) is 44.5 Å². The Morgan fingerprint density at radius 3 is 2.28 bits per heavy atom. The van der Waals surface area contributed by atoms with Gasteiger partial charge in [0.15, 0.2) is 11.6 Å². The maximum atomic E-state index is 14.1. The zero-order chi connectivity index (χ0) is 18.6. The minimum absolute atomic E-state index is 0.0511. The molecule has 0 atom stereocenters. The van der Waals surface area contributed by atoms with Crippen LogP contribution >= 0.6 is 0 Å². The normalized spacial score (nSPS) is 15.5. The van der Waals surface area contributed by atoms with Crippen LogP contribution < -0.4 is 4.74 Å². The molecule has 1 fully saturated rings. The molecule has 0 unspecified atom stereocenters. The van der Waals surface area contributed by atoms with Crippen LogP contribution in [0.4, 0.5) is 4.39 Å². The monoisotopic (exact) mass is 350 g/mol. The number of amides is 2. The number of carbonyl (C=O) groups is 2. The summed E-state index contributed by atoms with van der Waals surface area (Å²) in [4.78, 5) is 28.3. The van der Waals surface area contributed by atoms with E-state index >= 15 is 0 Å². The molecule has 0 bridgehead atoms. The van der Waals surface area contributed by atoms with Crippen molar-refractivity contribution in [1.82, 2.24) is 9.80 Å². The van der Waals surface area contributed by atoms with Crippen molar-refractivity contribution in [3.05, 3.63) is 29.6 Å². The fourth-order valence-corrected chi connectivity index (χ4v) is 2.87. The van der Waals surface area contributed by atoms with Gasteiger partial charge in [-0.1, -0.05) is 13.8 Å². The van der Waals surface area contributed by atoms with Gasteiger partial charge in [0, 0.05) is 37.7 Å². The van der Waals surface area contributed by atoms with Crippen LogP contribution in [0, 0.1) is 11.7 Å². The largest absolute Gasteiger partial charge is 0.488 e. The molecule has 0 N–H and O–H groups in total. The third kappa shape index (κ3) is 4.94. The van der Waals surface area contributed by atoms with Crippen molar-refractivity contribution >= 4 is 11.8 Å². The minimum Gasteiger partial charge on any atom is -0.488 e. The van der Waals surface area contributed by atoms with Gasteiger partial charge >= 0.3 is 0 Å². The van der Waals surface area contributed by atoms with Crippen molar-refractivity contribution in [2.45, 2.75) is 40.2 Å². The highest BCUT2D eigenvalue weighted by molar-refractivity contribution is 5.94. The predicted molar refractivity (Wildman–Crippen MR) is 94.1 cm³/mol. The summed E-state index contributed by atoms with van der Waals surface area (Å²) in [5.41, 5.74) is 0.303. The molecule has 0 aromatic heterocycles. The lowest BCUT2D eigenvalue weighted by Crippen LogP contribution is -2.39. The first kappa shape index (κ1) is 19.2. The van der Waals surface area contributed by atoms with Gasteiger partial charge in [-0.2, -0.15) is 0 Å². The Morgan fingerprint density at radius 1 is 1.04 bits per heavy atom. The first-order valence-electron chi connectivity index (χ1n) is 8.84. The summed E-state index contributed by atoms with van der Waals surface area (Å²) in [5.74, 6) is -0.545. The molecular weight excluding hydrogens is 323 g/mol. The molecule has 0 saturated carbocycles. The molecule has 25 heavy (non-hydrogen) atoms. The summed E-state index contributed by atoms with van der Waals surface area (Å²) in [6.07, 6.45) is 0.590. The van der Waals surface area contributed by atoms with Gasteiger partial charge < -0.3 is 14.5 Å². The van der Waals surface area contributed by atoms with Crippen LogP contribution in [0.25, 0.3) is 0 Å². The molecule has 138 valence electrons. The quantitative estimate of drug-likeness (QED) is 0.839. The molecule has 1 aromatic rings. The highest BCUT2D eigenvalue weighted by Crippen LogP contribution is 2.21. The van der Waals surface area contributed by atoms with Gasteiger partial charge in [-0.15, -0.1) is 0 Å². The van der Waals surface area contributed by atoms with Crippen LogP contribution in [0.2, 0.25) is 0 Å². The maximum Gasteiger partial charge on any atom is 0.254 e. The molecule has 1 aromatic carbocycles. The zero-order valence-corrected chi connectivity index (χ0v) is 15.4. The number of carbonyl (C=O) groups excluding carboxylic acids is 2. The summed E-state index contributed by atoms with van der Waals surface area (Å²) in [7, 11) is 0. The fraction of sp³-hybridized carbons (Fsp3) is 0.579.